The van der Waals surface area contributed by atoms with Crippen LogP contribution in [0, 0.1) is 0 Å². The van der Waals surface area contributed by atoms with E-state index in [1.54, 1.807) is 0 Å². The van der Waals surface area contributed by atoms with Gasteiger partial charge in [-0.2, -0.15) is 0 Å². The molecule has 1 rings (SSSR count). The Hall–Kier alpha value is -1.79. The number of anilines is 1. The van der Waals surface area contributed by atoms with E-state index in [0.29, 0.717) is 0 Å². The van der Waals surface area contributed by atoms with Crippen LogP contribution in [0.5, 0.6) is 0 Å². The van der Waals surface area contributed by atoms with Crippen molar-refractivity contribution in [1.82, 2.24) is 9.97 Å². The first-order valence-corrected chi connectivity index (χ1v) is 3.65. The van der Waals surface area contributed by atoms with Gasteiger partial charge in [0.2, 0.25) is 0 Å². The Balaban J connectivity index is 2.68. The number of aliphatic carboxylic acids is 1. The van der Waals surface area contributed by atoms with Crippen molar-refractivity contribution >= 4 is 11.8 Å². The van der Waals surface area contributed by atoms with Crippen molar-refractivity contribution in [3.63, 3.8) is 0 Å². The zero-order valence-electron chi connectivity index (χ0n) is 6.94. The molecular formula is C7H7F2N3O2. The molecule has 0 amide bonds. The monoisotopic (exact) mass is 203 g/mol. The molecule has 0 fully saturated rings. The van der Waals surface area contributed by atoms with E-state index >= 15 is 0 Å². The highest BCUT2D eigenvalue weighted by molar-refractivity contribution is 5.72. The van der Waals surface area contributed by atoms with Gasteiger partial charge in [0.05, 0.1) is 0 Å². The number of alkyl halides is 2. The van der Waals surface area contributed by atoms with E-state index in [1.165, 1.54) is 0 Å². The van der Waals surface area contributed by atoms with Crippen LogP contribution in [0.15, 0.2) is 12.4 Å². The molecule has 5 nitrogen and oxygen atoms in total. The van der Waals surface area contributed by atoms with Crippen LogP contribution in [0.3, 0.4) is 0 Å². The zero-order valence-corrected chi connectivity index (χ0v) is 6.94. The highest BCUT2D eigenvalue weighted by Crippen LogP contribution is 2.17. The number of carboxylic acid groups (broad SMARTS) is 1. The Kier molecular flexibility index (Phi) is 3.27. The number of carboxylic acids is 1. The van der Waals surface area contributed by atoms with Gasteiger partial charge in [0.15, 0.2) is 0 Å². The molecule has 14 heavy (non-hydrogen) atoms. The molecular weight excluding hydrogens is 196 g/mol. The fourth-order valence-electron chi connectivity index (χ4n) is 0.755. The summed E-state index contributed by atoms with van der Waals surface area (Å²) in [7, 11) is 0. The van der Waals surface area contributed by atoms with E-state index in [2.05, 4.69) is 15.3 Å². The van der Waals surface area contributed by atoms with Crippen LogP contribution in [-0.4, -0.2) is 27.6 Å². The molecule has 1 heterocycles. The predicted molar refractivity (Wildman–Crippen MR) is 43.1 cm³/mol. The van der Waals surface area contributed by atoms with E-state index in [9.17, 15) is 13.6 Å². The third-order valence-electron chi connectivity index (χ3n) is 1.33. The van der Waals surface area contributed by atoms with Crippen molar-refractivity contribution in [2.45, 2.75) is 6.43 Å². The van der Waals surface area contributed by atoms with E-state index < -0.39 is 18.1 Å². The Morgan fingerprint density at radius 2 is 2.29 bits per heavy atom. The Morgan fingerprint density at radius 1 is 1.57 bits per heavy atom. The molecule has 0 saturated carbocycles. The lowest BCUT2D eigenvalue weighted by Gasteiger charge is -2.03. The highest BCUT2D eigenvalue weighted by Gasteiger charge is 2.09. The second-order valence-electron chi connectivity index (χ2n) is 2.38. The summed E-state index contributed by atoms with van der Waals surface area (Å²) >= 11 is 0. The van der Waals surface area contributed by atoms with Crippen molar-refractivity contribution in [2.75, 3.05) is 11.9 Å². The standard InChI is InChI=1S/C7H7F2N3O2/c8-7(9)4-1-5(12-3-11-4)10-2-6(13)14/h1,3,7H,2H2,(H,13,14)(H,10,11,12). The molecule has 0 aliphatic heterocycles. The van der Waals surface area contributed by atoms with Gasteiger partial charge < -0.3 is 10.4 Å². The maximum absolute atomic E-state index is 12.1. The summed E-state index contributed by atoms with van der Waals surface area (Å²) < 4.78 is 24.2. The Bertz CT molecular complexity index is 332. The van der Waals surface area contributed by atoms with Crippen LogP contribution in [-0.2, 0) is 4.79 Å². The summed E-state index contributed by atoms with van der Waals surface area (Å²) in [4.78, 5) is 17.0. The van der Waals surface area contributed by atoms with Gasteiger partial charge in [-0.25, -0.2) is 18.7 Å². The first-order valence-electron chi connectivity index (χ1n) is 3.65. The van der Waals surface area contributed by atoms with Gasteiger partial charge in [-0.15, -0.1) is 0 Å². The molecule has 0 spiro atoms. The van der Waals surface area contributed by atoms with Crippen LogP contribution in [0.25, 0.3) is 0 Å². The Labute approximate surface area is 77.8 Å². The summed E-state index contributed by atoms with van der Waals surface area (Å²) in [5.41, 5.74) is -0.437. The molecule has 0 radical (unpaired) electrons. The first kappa shape index (κ1) is 10.3. The van der Waals surface area contributed by atoms with Gasteiger partial charge in [0.1, 0.15) is 24.4 Å². The van der Waals surface area contributed by atoms with Gasteiger partial charge in [-0.05, 0) is 0 Å². The molecule has 0 atom stereocenters. The van der Waals surface area contributed by atoms with Crippen LogP contribution >= 0.6 is 0 Å². The number of carbonyl (C=O) groups is 1. The van der Waals surface area contributed by atoms with E-state index in [0.717, 1.165) is 12.4 Å². The maximum atomic E-state index is 12.1. The van der Waals surface area contributed by atoms with Gasteiger partial charge in [-0.3, -0.25) is 4.79 Å². The minimum absolute atomic E-state index is 0.0673. The molecule has 0 aliphatic carbocycles. The maximum Gasteiger partial charge on any atom is 0.322 e. The number of aromatic nitrogens is 2. The number of nitrogens with one attached hydrogen (secondary N) is 1. The molecule has 7 heteroatoms. The molecule has 2 N–H and O–H groups in total. The third-order valence-corrected chi connectivity index (χ3v) is 1.33. The number of halogens is 2. The topological polar surface area (TPSA) is 75.1 Å². The lowest BCUT2D eigenvalue weighted by Crippen LogP contribution is -2.13. The van der Waals surface area contributed by atoms with Crippen molar-refractivity contribution in [3.05, 3.63) is 18.1 Å². The molecule has 76 valence electrons. The highest BCUT2D eigenvalue weighted by atomic mass is 19.3. The fraction of sp³-hybridized carbons (Fsp3) is 0.286. The van der Waals surface area contributed by atoms with Gasteiger partial charge in [0.25, 0.3) is 6.43 Å². The van der Waals surface area contributed by atoms with Gasteiger partial charge in [0, 0.05) is 6.07 Å². The molecule has 0 aliphatic rings. The number of hydrogen-bond acceptors (Lipinski definition) is 4. The van der Waals surface area contributed by atoms with Crippen LogP contribution in [0.4, 0.5) is 14.6 Å². The van der Waals surface area contributed by atoms with E-state index in [-0.39, 0.29) is 12.4 Å². The number of rotatable bonds is 4. The summed E-state index contributed by atoms with van der Waals surface area (Å²) in [6.45, 7) is -0.375. The summed E-state index contributed by atoms with van der Waals surface area (Å²) in [6, 6.07) is 1.01. The molecule has 1 aromatic heterocycles. The molecule has 0 saturated heterocycles. The van der Waals surface area contributed by atoms with E-state index in [4.69, 9.17) is 5.11 Å². The van der Waals surface area contributed by atoms with E-state index in [1.807, 2.05) is 0 Å². The quantitative estimate of drug-likeness (QED) is 0.760. The Morgan fingerprint density at radius 3 is 2.86 bits per heavy atom. The molecule has 0 aromatic carbocycles. The molecule has 1 aromatic rings. The summed E-state index contributed by atoms with van der Waals surface area (Å²) in [5.74, 6) is -1.03. The fourth-order valence-corrected chi connectivity index (χ4v) is 0.755. The smallest absolute Gasteiger partial charge is 0.322 e. The molecule has 0 unspecified atom stereocenters. The van der Waals surface area contributed by atoms with Crippen LogP contribution in [0.2, 0.25) is 0 Å². The lowest BCUT2D eigenvalue weighted by molar-refractivity contribution is -0.134. The average Bonchev–Trinajstić information content (AvgIpc) is 2.15. The minimum Gasteiger partial charge on any atom is -0.480 e. The minimum atomic E-state index is -2.69. The lowest BCUT2D eigenvalue weighted by atomic mass is 10.4. The van der Waals surface area contributed by atoms with Gasteiger partial charge >= 0.3 is 5.97 Å². The second kappa shape index (κ2) is 4.45. The predicted octanol–water partition coefficient (Wildman–Crippen LogP) is 0.911. The second-order valence-corrected chi connectivity index (χ2v) is 2.38. The van der Waals surface area contributed by atoms with Crippen molar-refractivity contribution < 1.29 is 18.7 Å². The number of hydrogen-bond donors (Lipinski definition) is 2. The average molecular weight is 203 g/mol. The van der Waals surface area contributed by atoms with Crippen LogP contribution < -0.4 is 5.32 Å². The summed E-state index contributed by atoms with van der Waals surface area (Å²) in [5, 5.41) is 10.7. The summed E-state index contributed by atoms with van der Waals surface area (Å²) in [6.07, 6.45) is -1.74. The SMILES string of the molecule is O=C(O)CNc1cc(C(F)F)ncn1. The van der Waals surface area contributed by atoms with Crippen molar-refractivity contribution in [1.29, 1.82) is 0 Å². The van der Waals surface area contributed by atoms with Gasteiger partial charge in [-0.1, -0.05) is 0 Å². The first-order chi connectivity index (χ1) is 6.59. The zero-order chi connectivity index (χ0) is 10.6. The number of nitrogens with zero attached hydrogens (tertiary/aromatic N) is 2. The molecule has 0 bridgehead atoms. The van der Waals surface area contributed by atoms with Crippen molar-refractivity contribution in [3.8, 4) is 0 Å². The van der Waals surface area contributed by atoms with Crippen molar-refractivity contribution in [2.24, 2.45) is 0 Å². The van der Waals surface area contributed by atoms with Crippen LogP contribution in [0.1, 0.15) is 12.1 Å². The third kappa shape index (κ3) is 2.92. The largest absolute Gasteiger partial charge is 0.480 e. The normalized spacial score (nSPS) is 10.2.